The van der Waals surface area contributed by atoms with Crippen LogP contribution in [0.4, 0.5) is 5.69 Å². The molecule has 9 heteroatoms. The minimum Gasteiger partial charge on any atom is -0.419 e. The minimum absolute atomic E-state index is 0.368. The van der Waals surface area contributed by atoms with Crippen LogP contribution in [-0.4, -0.2) is 23.9 Å². The SMILES string of the molecule is CCC(C)C(=O)Oc1ccc(S(=O)(=O)O)cc1[N+](=O)[O-]. The number of hydrogen-bond donors (Lipinski definition) is 1. The first-order chi connectivity index (χ1) is 9.16. The zero-order valence-electron chi connectivity index (χ0n) is 10.8. The van der Waals surface area contributed by atoms with Crippen LogP contribution in [0.15, 0.2) is 23.1 Å². The van der Waals surface area contributed by atoms with Gasteiger partial charge in [-0.2, -0.15) is 8.42 Å². The molecular weight excluding hydrogens is 290 g/mol. The number of nitro benzene ring substituents is 1. The molecule has 0 saturated carbocycles. The largest absolute Gasteiger partial charge is 0.419 e. The molecule has 0 bridgehead atoms. The van der Waals surface area contributed by atoms with Gasteiger partial charge in [0.05, 0.1) is 10.8 Å². The van der Waals surface area contributed by atoms with Crippen molar-refractivity contribution in [3.63, 3.8) is 0 Å². The van der Waals surface area contributed by atoms with E-state index in [0.29, 0.717) is 12.5 Å². The van der Waals surface area contributed by atoms with E-state index in [1.807, 2.05) is 0 Å². The molecule has 8 nitrogen and oxygen atoms in total. The van der Waals surface area contributed by atoms with Crippen LogP contribution in [0.1, 0.15) is 20.3 Å². The van der Waals surface area contributed by atoms with Crippen molar-refractivity contribution in [2.75, 3.05) is 0 Å². The summed E-state index contributed by atoms with van der Waals surface area (Å²) in [6, 6.07) is 2.51. The van der Waals surface area contributed by atoms with Gasteiger partial charge in [-0.15, -0.1) is 0 Å². The fourth-order valence-corrected chi connectivity index (χ4v) is 1.76. The van der Waals surface area contributed by atoms with E-state index in [-0.39, 0.29) is 5.75 Å². The molecule has 0 saturated heterocycles. The Hall–Kier alpha value is -2.00. The predicted molar refractivity (Wildman–Crippen MR) is 68.0 cm³/mol. The highest BCUT2D eigenvalue weighted by Gasteiger charge is 2.24. The van der Waals surface area contributed by atoms with Crippen LogP contribution in [0.3, 0.4) is 0 Å². The molecule has 0 aliphatic carbocycles. The van der Waals surface area contributed by atoms with Gasteiger partial charge in [0.1, 0.15) is 4.90 Å². The maximum atomic E-state index is 11.6. The number of nitrogens with zero attached hydrogens (tertiary/aromatic N) is 1. The van der Waals surface area contributed by atoms with Crippen molar-refractivity contribution < 1.29 is 27.4 Å². The third-order valence-electron chi connectivity index (χ3n) is 2.65. The highest BCUT2D eigenvalue weighted by molar-refractivity contribution is 7.85. The Bertz CT molecular complexity index is 638. The van der Waals surface area contributed by atoms with Gasteiger partial charge < -0.3 is 4.74 Å². The number of rotatable bonds is 5. The Morgan fingerprint density at radius 3 is 2.55 bits per heavy atom. The highest BCUT2D eigenvalue weighted by atomic mass is 32.2. The molecule has 0 amide bonds. The molecule has 0 fully saturated rings. The van der Waals surface area contributed by atoms with E-state index in [1.54, 1.807) is 13.8 Å². The van der Waals surface area contributed by atoms with Gasteiger partial charge in [0.15, 0.2) is 0 Å². The second-order valence-corrected chi connectivity index (χ2v) is 5.51. The Morgan fingerprint density at radius 1 is 1.50 bits per heavy atom. The number of hydrogen-bond acceptors (Lipinski definition) is 6. The van der Waals surface area contributed by atoms with Gasteiger partial charge in [-0.1, -0.05) is 13.8 Å². The zero-order chi connectivity index (χ0) is 15.5. The van der Waals surface area contributed by atoms with Gasteiger partial charge in [0.25, 0.3) is 10.1 Å². The van der Waals surface area contributed by atoms with Gasteiger partial charge in [-0.3, -0.25) is 19.5 Å². The molecule has 1 aromatic rings. The first kappa shape index (κ1) is 16.1. The van der Waals surface area contributed by atoms with Crippen LogP contribution in [0.5, 0.6) is 5.75 Å². The quantitative estimate of drug-likeness (QED) is 0.289. The van der Waals surface area contributed by atoms with E-state index in [1.165, 1.54) is 0 Å². The van der Waals surface area contributed by atoms with Gasteiger partial charge in [0, 0.05) is 6.07 Å². The third-order valence-corrected chi connectivity index (χ3v) is 3.50. The molecule has 1 unspecified atom stereocenters. The van der Waals surface area contributed by atoms with E-state index < -0.39 is 37.5 Å². The summed E-state index contributed by atoms with van der Waals surface area (Å²) in [4.78, 5) is 20.9. The number of nitro groups is 1. The molecule has 110 valence electrons. The molecule has 1 rings (SSSR count). The number of esters is 1. The van der Waals surface area contributed by atoms with Gasteiger partial charge in [-0.25, -0.2) is 0 Å². The maximum Gasteiger partial charge on any atom is 0.314 e. The number of carbonyl (C=O) groups is 1. The van der Waals surface area contributed by atoms with Gasteiger partial charge in [-0.05, 0) is 18.6 Å². The first-order valence-corrected chi connectivity index (χ1v) is 7.08. The van der Waals surface area contributed by atoms with Crippen molar-refractivity contribution in [1.29, 1.82) is 0 Å². The summed E-state index contributed by atoms with van der Waals surface area (Å²) in [5, 5.41) is 10.9. The molecule has 0 spiro atoms. The fraction of sp³-hybridized carbons (Fsp3) is 0.364. The number of benzene rings is 1. The molecule has 0 aliphatic heterocycles. The minimum atomic E-state index is -4.57. The summed E-state index contributed by atoms with van der Waals surface area (Å²) < 4.78 is 35.5. The summed E-state index contributed by atoms with van der Waals surface area (Å²) in [6.45, 7) is 3.35. The standard InChI is InChI=1S/C11H13NO7S/c1-3-7(2)11(13)19-10-5-4-8(20(16,17)18)6-9(10)12(14)15/h4-7H,3H2,1-2H3,(H,16,17,18). The molecular formula is C11H13NO7S. The van der Waals surface area contributed by atoms with Crippen molar-refractivity contribution in [3.8, 4) is 5.75 Å². The number of carbonyl (C=O) groups excluding carboxylic acids is 1. The first-order valence-electron chi connectivity index (χ1n) is 5.64. The van der Waals surface area contributed by atoms with E-state index >= 15 is 0 Å². The lowest BCUT2D eigenvalue weighted by molar-refractivity contribution is -0.385. The fourth-order valence-electron chi connectivity index (χ4n) is 1.26. The van der Waals surface area contributed by atoms with Crippen molar-refractivity contribution >= 4 is 21.8 Å². The average molecular weight is 303 g/mol. The van der Waals surface area contributed by atoms with E-state index in [9.17, 15) is 23.3 Å². The molecule has 0 heterocycles. The lowest BCUT2D eigenvalue weighted by Crippen LogP contribution is -2.17. The monoisotopic (exact) mass is 303 g/mol. The molecule has 20 heavy (non-hydrogen) atoms. The molecule has 0 aromatic heterocycles. The van der Waals surface area contributed by atoms with Crippen molar-refractivity contribution in [3.05, 3.63) is 28.3 Å². The van der Waals surface area contributed by atoms with Crippen molar-refractivity contribution in [2.24, 2.45) is 5.92 Å². The Kier molecular flexibility index (Phi) is 4.79. The topological polar surface area (TPSA) is 124 Å². The molecule has 0 aliphatic rings. The van der Waals surface area contributed by atoms with Gasteiger partial charge >= 0.3 is 11.7 Å². The average Bonchev–Trinajstić information content (AvgIpc) is 2.36. The summed E-state index contributed by atoms with van der Waals surface area (Å²) in [6.07, 6.45) is 0.496. The molecule has 1 aromatic carbocycles. The lowest BCUT2D eigenvalue weighted by atomic mass is 10.1. The molecule has 1 N–H and O–H groups in total. The van der Waals surface area contributed by atoms with Crippen LogP contribution in [0, 0.1) is 16.0 Å². The lowest BCUT2D eigenvalue weighted by Gasteiger charge is -2.09. The van der Waals surface area contributed by atoms with Crippen LogP contribution >= 0.6 is 0 Å². The van der Waals surface area contributed by atoms with Crippen molar-refractivity contribution in [1.82, 2.24) is 0 Å². The summed E-state index contributed by atoms with van der Waals surface area (Å²) in [5.41, 5.74) is -0.711. The zero-order valence-corrected chi connectivity index (χ0v) is 11.6. The molecule has 1 atom stereocenters. The highest BCUT2D eigenvalue weighted by Crippen LogP contribution is 2.30. The normalized spacial score (nSPS) is 12.8. The van der Waals surface area contributed by atoms with E-state index in [4.69, 9.17) is 9.29 Å². The second-order valence-electron chi connectivity index (χ2n) is 4.09. The van der Waals surface area contributed by atoms with Gasteiger partial charge in [0.2, 0.25) is 5.75 Å². The summed E-state index contributed by atoms with van der Waals surface area (Å²) in [5.74, 6) is -1.47. The summed E-state index contributed by atoms with van der Waals surface area (Å²) >= 11 is 0. The van der Waals surface area contributed by atoms with Crippen LogP contribution < -0.4 is 4.74 Å². The van der Waals surface area contributed by atoms with Crippen LogP contribution in [0.2, 0.25) is 0 Å². The Balaban J connectivity index is 3.22. The molecule has 0 radical (unpaired) electrons. The smallest absolute Gasteiger partial charge is 0.314 e. The third kappa shape index (κ3) is 3.75. The van der Waals surface area contributed by atoms with Crippen molar-refractivity contribution in [2.45, 2.75) is 25.2 Å². The second kappa shape index (κ2) is 5.97. The van der Waals surface area contributed by atoms with Crippen LogP contribution in [-0.2, 0) is 14.9 Å². The predicted octanol–water partition coefficient (Wildman–Crippen LogP) is 1.79. The van der Waals surface area contributed by atoms with E-state index in [2.05, 4.69) is 0 Å². The summed E-state index contributed by atoms with van der Waals surface area (Å²) in [7, 11) is -4.57. The number of ether oxygens (including phenoxy) is 1. The Labute approximate surface area is 115 Å². The Morgan fingerprint density at radius 2 is 2.10 bits per heavy atom. The maximum absolute atomic E-state index is 11.6. The van der Waals surface area contributed by atoms with E-state index in [0.717, 1.165) is 12.1 Å². The van der Waals surface area contributed by atoms with Crippen LogP contribution in [0.25, 0.3) is 0 Å².